The van der Waals surface area contributed by atoms with Crippen LogP contribution in [-0.2, 0) is 9.84 Å². The first-order valence-electron chi connectivity index (χ1n) is 7.65. The number of sulfone groups is 1. The lowest BCUT2D eigenvalue weighted by molar-refractivity contribution is 0.174. The molecule has 2 aromatic rings. The maximum absolute atomic E-state index is 13.1. The lowest BCUT2D eigenvalue weighted by Crippen LogP contribution is -2.14. The Morgan fingerprint density at radius 2 is 1.69 bits per heavy atom. The Bertz CT molecular complexity index is 1070. The van der Waals surface area contributed by atoms with Crippen molar-refractivity contribution in [1.82, 2.24) is 0 Å². The molecule has 0 radical (unpaired) electrons. The van der Waals surface area contributed by atoms with Gasteiger partial charge in [0.1, 0.15) is 5.25 Å². The third kappa shape index (κ3) is 2.25. The van der Waals surface area contributed by atoms with Crippen LogP contribution < -0.4 is 9.47 Å². The quantitative estimate of drug-likeness (QED) is 0.803. The van der Waals surface area contributed by atoms with Crippen LogP contribution in [-0.4, -0.2) is 20.5 Å². The first-order chi connectivity index (χ1) is 12.4. The zero-order chi connectivity index (χ0) is 18.5. The molecule has 130 valence electrons. The third-order valence-electron chi connectivity index (χ3n) is 4.74. The molecule has 0 spiro atoms. The van der Waals surface area contributed by atoms with Crippen LogP contribution in [0.25, 0.3) is 0 Å². The highest BCUT2D eigenvalue weighted by Crippen LogP contribution is 2.64. The minimum atomic E-state index is -3.90. The van der Waals surface area contributed by atoms with Gasteiger partial charge in [-0.25, -0.2) is 8.42 Å². The average molecular weight is 387 g/mol. The third-order valence-corrected chi connectivity index (χ3v) is 7.23. The highest BCUT2D eigenvalue weighted by atomic mass is 35.5. The SMILES string of the molecule is N#CC1(C#N)[C@@H](c2ccc3c(c2)OCO3)[C@@H]1S(=O)(=O)c1ccc(Cl)cc1. The molecule has 0 aromatic heterocycles. The molecule has 2 aromatic carbocycles. The van der Waals surface area contributed by atoms with Gasteiger partial charge in [-0.1, -0.05) is 17.7 Å². The summed E-state index contributed by atoms with van der Waals surface area (Å²) in [7, 11) is -3.90. The fourth-order valence-electron chi connectivity index (χ4n) is 3.39. The first kappa shape index (κ1) is 16.7. The molecule has 1 heterocycles. The van der Waals surface area contributed by atoms with E-state index in [1.807, 2.05) is 12.1 Å². The van der Waals surface area contributed by atoms with Gasteiger partial charge in [0.05, 0.1) is 17.0 Å². The number of hydrogen-bond acceptors (Lipinski definition) is 6. The molecule has 4 rings (SSSR count). The number of ether oxygens (including phenoxy) is 2. The molecule has 2 atom stereocenters. The van der Waals surface area contributed by atoms with Crippen LogP contribution in [0.1, 0.15) is 11.5 Å². The van der Waals surface area contributed by atoms with E-state index in [4.69, 9.17) is 21.1 Å². The van der Waals surface area contributed by atoms with Gasteiger partial charge in [-0.3, -0.25) is 0 Å². The zero-order valence-corrected chi connectivity index (χ0v) is 14.8. The molecule has 26 heavy (non-hydrogen) atoms. The summed E-state index contributed by atoms with van der Waals surface area (Å²) in [5.41, 5.74) is -1.09. The second-order valence-electron chi connectivity index (χ2n) is 6.10. The second-order valence-corrected chi connectivity index (χ2v) is 8.61. The molecule has 0 unspecified atom stereocenters. The van der Waals surface area contributed by atoms with E-state index < -0.39 is 26.4 Å². The van der Waals surface area contributed by atoms with Crippen molar-refractivity contribution in [2.24, 2.45) is 5.41 Å². The summed E-state index contributed by atoms with van der Waals surface area (Å²) in [4.78, 5) is 0.0324. The molecule has 0 saturated heterocycles. The first-order valence-corrected chi connectivity index (χ1v) is 9.58. The van der Waals surface area contributed by atoms with Crippen molar-refractivity contribution in [2.75, 3.05) is 6.79 Å². The van der Waals surface area contributed by atoms with Gasteiger partial charge in [-0.2, -0.15) is 10.5 Å². The largest absolute Gasteiger partial charge is 0.454 e. The van der Waals surface area contributed by atoms with E-state index in [0.717, 1.165) is 0 Å². The molecule has 0 N–H and O–H groups in total. The van der Waals surface area contributed by atoms with Crippen LogP contribution in [0.3, 0.4) is 0 Å². The minimum absolute atomic E-state index is 0.0324. The highest BCUT2D eigenvalue weighted by Gasteiger charge is 2.73. The van der Waals surface area contributed by atoms with E-state index in [2.05, 4.69) is 0 Å². The van der Waals surface area contributed by atoms with Crippen molar-refractivity contribution in [3.8, 4) is 23.6 Å². The predicted octanol–water partition coefficient (Wildman–Crippen LogP) is 3.04. The monoisotopic (exact) mass is 386 g/mol. The van der Waals surface area contributed by atoms with Crippen molar-refractivity contribution < 1.29 is 17.9 Å². The van der Waals surface area contributed by atoms with E-state index in [-0.39, 0.29) is 11.7 Å². The summed E-state index contributed by atoms with van der Waals surface area (Å²) in [5.74, 6) is 0.250. The van der Waals surface area contributed by atoms with E-state index in [1.54, 1.807) is 18.2 Å². The molecule has 0 amide bonds. The second kappa shape index (κ2) is 5.63. The predicted molar refractivity (Wildman–Crippen MR) is 91.4 cm³/mol. The Kier molecular flexibility index (Phi) is 3.62. The summed E-state index contributed by atoms with van der Waals surface area (Å²) in [6.45, 7) is 0.0810. The van der Waals surface area contributed by atoms with Crippen LogP contribution in [0.15, 0.2) is 47.4 Å². The fourth-order valence-corrected chi connectivity index (χ4v) is 5.71. The number of hydrogen-bond donors (Lipinski definition) is 0. The van der Waals surface area contributed by atoms with Crippen LogP contribution in [0, 0.1) is 28.1 Å². The molecule has 1 fully saturated rings. The average Bonchev–Trinajstić information content (AvgIpc) is 3.12. The molecule has 1 aliphatic carbocycles. The molecule has 1 saturated carbocycles. The number of benzene rings is 2. The topological polar surface area (TPSA) is 100 Å². The van der Waals surface area contributed by atoms with Crippen molar-refractivity contribution in [3.63, 3.8) is 0 Å². The standard InChI is InChI=1S/C18H11ClN2O4S/c19-12-2-4-13(5-3-12)26(22,23)17-16(18(17,8-20)9-21)11-1-6-14-15(7-11)25-10-24-14/h1-7,16-17H,10H2/t16-,17-/m0/s1. The Hall–Kier alpha value is -2.74. The maximum Gasteiger partial charge on any atom is 0.231 e. The van der Waals surface area contributed by atoms with Crippen molar-refractivity contribution >= 4 is 21.4 Å². The van der Waals surface area contributed by atoms with Gasteiger partial charge >= 0.3 is 0 Å². The fraction of sp³-hybridized carbons (Fsp3) is 0.222. The molecule has 6 nitrogen and oxygen atoms in total. The van der Waals surface area contributed by atoms with Gasteiger partial charge in [-0.15, -0.1) is 0 Å². The summed E-state index contributed by atoms with van der Waals surface area (Å²) in [6.07, 6.45) is 0. The van der Waals surface area contributed by atoms with Gasteiger partial charge in [0.2, 0.25) is 6.79 Å². The van der Waals surface area contributed by atoms with E-state index in [9.17, 15) is 18.9 Å². The minimum Gasteiger partial charge on any atom is -0.454 e. The normalized spacial score (nSPS) is 22.3. The van der Waals surface area contributed by atoms with Gasteiger partial charge in [0, 0.05) is 10.9 Å². The maximum atomic E-state index is 13.1. The smallest absolute Gasteiger partial charge is 0.231 e. The summed E-state index contributed by atoms with van der Waals surface area (Å²) in [6, 6.07) is 14.5. The van der Waals surface area contributed by atoms with E-state index in [0.29, 0.717) is 22.1 Å². The molecular weight excluding hydrogens is 376 g/mol. The lowest BCUT2D eigenvalue weighted by Gasteiger charge is -2.04. The van der Waals surface area contributed by atoms with Crippen LogP contribution in [0.2, 0.25) is 5.02 Å². The van der Waals surface area contributed by atoms with Crippen molar-refractivity contribution in [1.29, 1.82) is 10.5 Å². The Labute approximate surface area is 155 Å². The van der Waals surface area contributed by atoms with Gasteiger partial charge in [-0.05, 0) is 42.0 Å². The van der Waals surface area contributed by atoms with Gasteiger partial charge in [0.15, 0.2) is 26.8 Å². The molecular formula is C18H11ClN2O4S. The van der Waals surface area contributed by atoms with Crippen LogP contribution in [0.5, 0.6) is 11.5 Å². The van der Waals surface area contributed by atoms with E-state index in [1.165, 1.54) is 24.3 Å². The Morgan fingerprint density at radius 3 is 2.35 bits per heavy atom. The molecule has 2 aliphatic rings. The zero-order valence-electron chi connectivity index (χ0n) is 13.2. The van der Waals surface area contributed by atoms with Gasteiger partial charge in [0.25, 0.3) is 0 Å². The van der Waals surface area contributed by atoms with Crippen LogP contribution in [0.4, 0.5) is 0 Å². The van der Waals surface area contributed by atoms with Crippen LogP contribution >= 0.6 is 11.6 Å². The number of halogens is 1. The summed E-state index contributed by atoms with van der Waals surface area (Å²) in [5, 5.41) is 18.4. The van der Waals surface area contributed by atoms with Gasteiger partial charge < -0.3 is 9.47 Å². The number of nitrogens with zero attached hydrogens (tertiary/aromatic N) is 2. The lowest BCUT2D eigenvalue weighted by atomic mass is 10.0. The number of fused-ring (bicyclic) bond motifs is 1. The Morgan fingerprint density at radius 1 is 1.04 bits per heavy atom. The summed E-state index contributed by atoms with van der Waals surface area (Å²) < 4.78 is 36.7. The van der Waals surface area contributed by atoms with Crippen molar-refractivity contribution in [2.45, 2.75) is 16.1 Å². The molecule has 0 bridgehead atoms. The highest BCUT2D eigenvalue weighted by molar-refractivity contribution is 7.92. The van der Waals surface area contributed by atoms with E-state index >= 15 is 0 Å². The Balaban J connectivity index is 1.79. The molecule has 8 heteroatoms. The number of nitriles is 2. The van der Waals surface area contributed by atoms with Crippen molar-refractivity contribution in [3.05, 3.63) is 53.1 Å². The summed E-state index contributed by atoms with van der Waals surface area (Å²) >= 11 is 5.82. The molecule has 1 aliphatic heterocycles. The number of rotatable bonds is 3.